The van der Waals surface area contributed by atoms with Crippen LogP contribution in [0.4, 0.5) is 5.69 Å². The number of hydrogen-bond donors (Lipinski definition) is 1. The molecule has 1 nitrogen and oxygen atoms in total. The smallest absolute Gasteiger partial charge is 0.0536 e. The maximum Gasteiger partial charge on any atom is 0.0536 e. The summed E-state index contributed by atoms with van der Waals surface area (Å²) >= 11 is 0. The first kappa shape index (κ1) is 14.2. The van der Waals surface area contributed by atoms with Gasteiger partial charge in [0, 0.05) is 5.69 Å². The summed E-state index contributed by atoms with van der Waals surface area (Å²) in [5.74, 6) is 0.562. The van der Waals surface area contributed by atoms with E-state index in [1.54, 1.807) is 11.1 Å². The van der Waals surface area contributed by atoms with Crippen molar-refractivity contribution in [1.82, 2.24) is 0 Å². The second kappa shape index (κ2) is 6.34. The lowest BCUT2D eigenvalue weighted by Gasteiger charge is -2.27. The van der Waals surface area contributed by atoms with Crippen molar-refractivity contribution in [2.75, 3.05) is 5.32 Å². The van der Waals surface area contributed by atoms with E-state index in [2.05, 4.69) is 67.7 Å². The van der Waals surface area contributed by atoms with Crippen molar-refractivity contribution in [2.24, 2.45) is 5.92 Å². The van der Waals surface area contributed by atoms with Gasteiger partial charge in [0.1, 0.15) is 0 Å². The molecule has 0 aliphatic heterocycles. The number of nitrogens with one attached hydrogen (secondary N) is 1. The Morgan fingerprint density at radius 3 is 2.38 bits per heavy atom. The molecule has 2 aromatic rings. The molecule has 0 aromatic heterocycles. The minimum absolute atomic E-state index is 0.375. The van der Waals surface area contributed by atoms with E-state index in [9.17, 15) is 0 Å². The summed E-state index contributed by atoms with van der Waals surface area (Å²) in [7, 11) is 0. The molecule has 1 unspecified atom stereocenters. The molecule has 0 bridgehead atoms. The van der Waals surface area contributed by atoms with Crippen LogP contribution in [0.25, 0.3) is 0 Å². The van der Waals surface area contributed by atoms with Gasteiger partial charge in [-0.15, -0.1) is 0 Å². The molecule has 1 atom stereocenters. The molecule has 1 heteroatoms. The Bertz CT molecular complexity index is 586. The standard InChI is InChI=1S/C20H25N/c1-15(2)20(17-10-4-3-5-11-17)21-19-14-8-12-16-9-6-7-13-18(16)19/h3-5,8,10-12,14-15,20-21H,6-7,9,13H2,1-2H3. The van der Waals surface area contributed by atoms with E-state index < -0.39 is 0 Å². The van der Waals surface area contributed by atoms with Gasteiger partial charge in [0.05, 0.1) is 6.04 Å². The SMILES string of the molecule is CC(C)C(Nc1cccc2c1CCCC2)c1ccccc1. The van der Waals surface area contributed by atoms with E-state index in [4.69, 9.17) is 0 Å². The quantitative estimate of drug-likeness (QED) is 0.793. The monoisotopic (exact) mass is 279 g/mol. The number of aryl methyl sites for hydroxylation is 1. The molecule has 1 N–H and O–H groups in total. The zero-order valence-electron chi connectivity index (χ0n) is 13.1. The van der Waals surface area contributed by atoms with Crippen molar-refractivity contribution in [2.45, 2.75) is 45.6 Å². The van der Waals surface area contributed by atoms with Gasteiger partial charge in [-0.05, 0) is 54.4 Å². The van der Waals surface area contributed by atoms with Crippen molar-refractivity contribution in [3.05, 3.63) is 65.2 Å². The van der Waals surface area contributed by atoms with Gasteiger partial charge in [0.25, 0.3) is 0 Å². The van der Waals surface area contributed by atoms with Gasteiger partial charge < -0.3 is 5.32 Å². The Hall–Kier alpha value is -1.76. The van der Waals surface area contributed by atoms with Crippen LogP contribution in [0.2, 0.25) is 0 Å². The summed E-state index contributed by atoms with van der Waals surface area (Å²) in [6.45, 7) is 4.58. The molecule has 3 rings (SSSR count). The highest BCUT2D eigenvalue weighted by Crippen LogP contribution is 2.32. The molecule has 0 saturated carbocycles. The number of hydrogen-bond acceptors (Lipinski definition) is 1. The second-order valence-corrected chi connectivity index (χ2v) is 6.43. The minimum atomic E-state index is 0.375. The summed E-state index contributed by atoms with van der Waals surface area (Å²) in [4.78, 5) is 0. The van der Waals surface area contributed by atoms with Crippen LogP contribution in [0.1, 0.15) is 49.4 Å². The lowest BCUT2D eigenvalue weighted by Crippen LogP contribution is -2.18. The predicted octanol–water partition coefficient (Wildman–Crippen LogP) is 5.37. The van der Waals surface area contributed by atoms with Crippen LogP contribution in [0.5, 0.6) is 0 Å². The van der Waals surface area contributed by atoms with Gasteiger partial charge in [-0.25, -0.2) is 0 Å². The van der Waals surface area contributed by atoms with Crippen LogP contribution in [-0.2, 0) is 12.8 Å². The van der Waals surface area contributed by atoms with Crippen LogP contribution in [0, 0.1) is 5.92 Å². The van der Waals surface area contributed by atoms with Gasteiger partial charge in [0.15, 0.2) is 0 Å². The predicted molar refractivity (Wildman–Crippen MR) is 90.7 cm³/mol. The highest BCUT2D eigenvalue weighted by molar-refractivity contribution is 5.57. The first-order chi connectivity index (χ1) is 10.3. The molecule has 1 aliphatic rings. The number of rotatable bonds is 4. The molecular formula is C20H25N. The molecule has 0 radical (unpaired) electrons. The van der Waals surface area contributed by atoms with Gasteiger partial charge in [-0.2, -0.15) is 0 Å². The Labute approximate surface area is 128 Å². The molecular weight excluding hydrogens is 254 g/mol. The topological polar surface area (TPSA) is 12.0 Å². The van der Waals surface area contributed by atoms with Crippen LogP contribution < -0.4 is 5.32 Å². The zero-order chi connectivity index (χ0) is 14.7. The summed E-state index contributed by atoms with van der Waals surface area (Å²) < 4.78 is 0. The van der Waals surface area contributed by atoms with E-state index in [1.807, 2.05) is 0 Å². The van der Waals surface area contributed by atoms with E-state index >= 15 is 0 Å². The molecule has 21 heavy (non-hydrogen) atoms. The average molecular weight is 279 g/mol. The fourth-order valence-corrected chi connectivity index (χ4v) is 3.38. The van der Waals surface area contributed by atoms with Crippen molar-refractivity contribution in [1.29, 1.82) is 0 Å². The van der Waals surface area contributed by atoms with Crippen molar-refractivity contribution in [3.63, 3.8) is 0 Å². The van der Waals surface area contributed by atoms with Crippen molar-refractivity contribution >= 4 is 5.69 Å². The van der Waals surface area contributed by atoms with E-state index in [1.165, 1.54) is 36.9 Å². The van der Waals surface area contributed by atoms with Crippen LogP contribution in [0.3, 0.4) is 0 Å². The number of benzene rings is 2. The largest absolute Gasteiger partial charge is 0.378 e. The van der Waals surface area contributed by atoms with E-state index in [0.29, 0.717) is 12.0 Å². The molecule has 0 saturated heterocycles. The summed E-state index contributed by atoms with van der Waals surface area (Å²) in [5.41, 5.74) is 5.81. The Morgan fingerprint density at radius 2 is 1.62 bits per heavy atom. The summed E-state index contributed by atoms with van der Waals surface area (Å²) in [6.07, 6.45) is 5.12. The lowest BCUT2D eigenvalue weighted by atomic mass is 9.89. The molecule has 0 fully saturated rings. The van der Waals surface area contributed by atoms with Gasteiger partial charge in [-0.3, -0.25) is 0 Å². The maximum atomic E-state index is 3.82. The maximum absolute atomic E-state index is 3.82. The third-order valence-electron chi connectivity index (χ3n) is 4.53. The molecule has 1 aliphatic carbocycles. The lowest BCUT2D eigenvalue weighted by molar-refractivity contribution is 0.545. The number of fused-ring (bicyclic) bond motifs is 1. The van der Waals surface area contributed by atoms with Crippen molar-refractivity contribution in [3.8, 4) is 0 Å². The number of anilines is 1. The fraction of sp³-hybridized carbons (Fsp3) is 0.400. The third-order valence-corrected chi connectivity index (χ3v) is 4.53. The zero-order valence-corrected chi connectivity index (χ0v) is 13.1. The van der Waals surface area contributed by atoms with E-state index in [0.717, 1.165) is 0 Å². The van der Waals surface area contributed by atoms with Gasteiger partial charge in [0.2, 0.25) is 0 Å². The Kier molecular flexibility index (Phi) is 4.28. The molecule has 2 aromatic carbocycles. The first-order valence-electron chi connectivity index (χ1n) is 8.18. The first-order valence-corrected chi connectivity index (χ1v) is 8.18. The minimum Gasteiger partial charge on any atom is -0.378 e. The van der Waals surface area contributed by atoms with E-state index in [-0.39, 0.29) is 0 Å². The Morgan fingerprint density at radius 1 is 0.857 bits per heavy atom. The molecule has 0 spiro atoms. The average Bonchev–Trinajstić information content (AvgIpc) is 2.53. The Balaban J connectivity index is 1.90. The third kappa shape index (κ3) is 3.12. The highest BCUT2D eigenvalue weighted by Gasteiger charge is 2.19. The normalized spacial score (nSPS) is 15.6. The van der Waals surface area contributed by atoms with Crippen LogP contribution >= 0.6 is 0 Å². The van der Waals surface area contributed by atoms with Crippen LogP contribution in [0.15, 0.2) is 48.5 Å². The fourth-order valence-electron chi connectivity index (χ4n) is 3.38. The second-order valence-electron chi connectivity index (χ2n) is 6.43. The summed E-state index contributed by atoms with van der Waals surface area (Å²) in [6, 6.07) is 17.9. The van der Waals surface area contributed by atoms with Crippen LogP contribution in [-0.4, -0.2) is 0 Å². The molecule has 0 amide bonds. The summed E-state index contributed by atoms with van der Waals surface area (Å²) in [5, 5.41) is 3.82. The molecule has 110 valence electrons. The van der Waals surface area contributed by atoms with Gasteiger partial charge >= 0.3 is 0 Å². The van der Waals surface area contributed by atoms with Crippen molar-refractivity contribution < 1.29 is 0 Å². The molecule has 0 heterocycles. The highest BCUT2D eigenvalue weighted by atomic mass is 14.9. The van der Waals surface area contributed by atoms with Gasteiger partial charge in [-0.1, -0.05) is 56.3 Å².